The van der Waals surface area contributed by atoms with Gasteiger partial charge >= 0.3 is 6.36 Å². The molecule has 0 bridgehead atoms. The molecule has 0 aliphatic heterocycles. The van der Waals surface area contributed by atoms with Gasteiger partial charge in [-0.05, 0) is 253 Å². The maximum atomic E-state index is 13.1. The van der Waals surface area contributed by atoms with Crippen LogP contribution in [0.15, 0.2) is 389 Å². The van der Waals surface area contributed by atoms with E-state index in [4.69, 9.17) is 27.9 Å². The number of tetrazole rings is 5. The number of ether oxygens (including phenoxy) is 2. The smallest absolute Gasteiger partial charge is 0.457 e. The van der Waals surface area contributed by atoms with Crippen molar-refractivity contribution in [2.24, 2.45) is 0 Å². The van der Waals surface area contributed by atoms with Crippen LogP contribution in [0.2, 0.25) is 10.0 Å². The lowest BCUT2D eigenvalue weighted by molar-refractivity contribution is -0.274. The Bertz CT molecular complexity index is 7370. The molecule has 0 amide bonds. The molecule has 21 rings (SSSR count). The second-order valence-electron chi connectivity index (χ2n) is 28.2. The average Bonchev–Trinajstić information content (AvgIpc) is 1.82. The number of para-hydroxylation sites is 3. The molecule has 0 radical (unpaired) electrons. The number of hydrogen-bond donors (Lipinski definition) is 0. The summed E-state index contributed by atoms with van der Waals surface area (Å²) in [5, 5.41) is 64.1. The Morgan fingerprint density at radius 3 is 0.969 bits per heavy atom. The molecular weight excluding hydrogens is 1710 g/mol. The molecule has 638 valence electrons. The maximum Gasteiger partial charge on any atom is 0.573 e. The van der Waals surface area contributed by atoms with Crippen molar-refractivity contribution in [2.75, 3.05) is 0 Å². The first kappa shape index (κ1) is 85.6. The van der Waals surface area contributed by atoms with Crippen molar-refractivity contribution in [3.05, 3.63) is 410 Å². The van der Waals surface area contributed by atoms with Crippen molar-refractivity contribution in [1.29, 1.82) is 0 Å². The Morgan fingerprint density at radius 1 is 0.275 bits per heavy atom. The van der Waals surface area contributed by atoms with Gasteiger partial charge in [-0.25, -0.2) is 4.39 Å². The minimum atomic E-state index is -4.78. The summed E-state index contributed by atoms with van der Waals surface area (Å²) >= 11 is 12.4. The van der Waals surface area contributed by atoms with E-state index >= 15 is 0 Å². The van der Waals surface area contributed by atoms with Crippen LogP contribution in [-0.4, -0.2) is 132 Å². The van der Waals surface area contributed by atoms with Crippen LogP contribution >= 0.6 is 23.2 Å². The molecule has 131 heavy (non-hydrogen) atoms. The van der Waals surface area contributed by atoms with Crippen molar-refractivity contribution in [3.8, 4) is 159 Å². The van der Waals surface area contributed by atoms with E-state index in [1.165, 1.54) is 59.4 Å². The second kappa shape index (κ2) is 40.6. The third-order valence-electron chi connectivity index (χ3n) is 19.4. The van der Waals surface area contributed by atoms with E-state index in [1.807, 2.05) is 231 Å². The molecule has 0 aliphatic rings. The molecule has 0 saturated heterocycles. The van der Waals surface area contributed by atoms with Crippen molar-refractivity contribution >= 4 is 23.2 Å². The predicted octanol–water partition coefficient (Wildman–Crippen LogP) is 21.4. The van der Waals surface area contributed by atoms with Gasteiger partial charge in [-0.3, -0.25) is 24.9 Å². The number of halogens is 6. The SMILES string of the molecule is Cc1ccccc1-c1cccc(-n2nnc(-c3ccccn3)n2)c1.Clc1ccc(Cl)c(-c2cccc(-n3nnc(-c4ccccn4)n3)c2)c1.FC(F)(F)Oc1ccccc1-c1cccc(-n2nnc(-c3ccccn3)n2)c1.Fc1ccc(-c2cccc(-n3nnc(-c4ccccn4)n3)c2)cc1.c1ccc(Oc2ccccc2-c2cccc(-n3nnc(-c4ccccn4)n3)c2)cc1. The van der Waals surface area contributed by atoms with Gasteiger partial charge in [0.05, 0.1) is 28.4 Å². The zero-order valence-corrected chi connectivity index (χ0v) is 70.2. The van der Waals surface area contributed by atoms with Gasteiger partial charge in [0, 0.05) is 57.7 Å². The minimum Gasteiger partial charge on any atom is -0.457 e. The van der Waals surface area contributed by atoms with Crippen LogP contribution in [0.5, 0.6) is 17.2 Å². The van der Waals surface area contributed by atoms with Crippen molar-refractivity contribution in [2.45, 2.75) is 13.3 Å². The molecule has 33 heteroatoms. The summed E-state index contributed by atoms with van der Waals surface area (Å²) < 4.78 is 61.4. The highest BCUT2D eigenvalue weighted by molar-refractivity contribution is 6.35. The molecule has 10 heterocycles. The van der Waals surface area contributed by atoms with Gasteiger partial charge in [0.25, 0.3) is 0 Å². The monoisotopic (exact) mass is 1770 g/mol. The highest BCUT2D eigenvalue weighted by Crippen LogP contribution is 2.38. The van der Waals surface area contributed by atoms with Crippen LogP contribution < -0.4 is 9.47 Å². The molecule has 0 saturated carbocycles. The number of nitrogens with zero attached hydrogens (tertiary/aromatic N) is 25. The molecule has 0 aliphatic carbocycles. The number of benzene rings is 11. The Kier molecular flexibility index (Phi) is 26.5. The van der Waals surface area contributed by atoms with E-state index in [2.05, 4.69) is 138 Å². The van der Waals surface area contributed by atoms with Crippen LogP contribution in [-0.2, 0) is 0 Å². The van der Waals surface area contributed by atoms with E-state index in [-0.39, 0.29) is 11.6 Å². The Balaban J connectivity index is 0.000000115. The molecule has 27 nitrogen and oxygen atoms in total. The Morgan fingerprint density at radius 2 is 0.595 bits per heavy atom. The number of hydrogen-bond acceptors (Lipinski definition) is 22. The highest BCUT2D eigenvalue weighted by atomic mass is 35.5. The molecule has 10 aromatic heterocycles. The van der Waals surface area contributed by atoms with E-state index in [9.17, 15) is 17.6 Å². The van der Waals surface area contributed by atoms with Crippen molar-refractivity contribution < 1.29 is 27.0 Å². The fourth-order valence-electron chi connectivity index (χ4n) is 13.2. The maximum absolute atomic E-state index is 13.1. The van der Waals surface area contributed by atoms with Crippen LogP contribution in [0.3, 0.4) is 0 Å². The van der Waals surface area contributed by atoms with Crippen LogP contribution in [0, 0.1) is 12.7 Å². The summed E-state index contributed by atoms with van der Waals surface area (Å²) in [6.45, 7) is 2.11. The molecule has 0 spiro atoms. The number of alkyl halides is 3. The molecule has 21 aromatic rings. The lowest BCUT2D eigenvalue weighted by atomic mass is 10.0. The van der Waals surface area contributed by atoms with Gasteiger partial charge in [-0.1, -0.05) is 205 Å². The molecule has 11 aromatic carbocycles. The third-order valence-corrected chi connectivity index (χ3v) is 20.0. The zero-order chi connectivity index (χ0) is 89.7. The Labute approximate surface area is 754 Å². The van der Waals surface area contributed by atoms with E-state index in [0.717, 1.165) is 73.2 Å². The molecule has 0 N–H and O–H groups in total. The summed E-state index contributed by atoms with van der Waals surface area (Å²) in [5.74, 6) is 3.29. The summed E-state index contributed by atoms with van der Waals surface area (Å²) in [4.78, 5) is 28.4. The first-order valence-electron chi connectivity index (χ1n) is 40.2. The zero-order valence-electron chi connectivity index (χ0n) is 68.7. The van der Waals surface area contributed by atoms with E-state index in [1.54, 1.807) is 110 Å². The number of aryl methyl sites for hydroxylation is 1. The van der Waals surface area contributed by atoms with Gasteiger partial charge in [0.15, 0.2) is 0 Å². The fourth-order valence-corrected chi connectivity index (χ4v) is 13.6. The molecule has 0 unspecified atom stereocenters. The van der Waals surface area contributed by atoms with Gasteiger partial charge in [-0.15, -0.1) is 88.1 Å². The summed E-state index contributed by atoms with van der Waals surface area (Å²) in [6, 6.07) is 109. The van der Waals surface area contributed by atoms with Crippen LogP contribution in [0.1, 0.15) is 5.56 Å². The quantitative estimate of drug-likeness (QED) is 0.0721. The van der Waals surface area contributed by atoms with Gasteiger partial charge in [0.1, 0.15) is 51.5 Å². The third kappa shape index (κ3) is 21.9. The topological polar surface area (TPSA) is 301 Å². The second-order valence-corrected chi connectivity index (χ2v) is 29.1. The fraction of sp³-hybridized carbons (Fsp3) is 0.0204. The summed E-state index contributed by atoms with van der Waals surface area (Å²) in [5.41, 5.74) is 17.0. The van der Waals surface area contributed by atoms with Crippen LogP contribution in [0.4, 0.5) is 17.6 Å². The molecule has 0 atom stereocenters. The molecular formula is C98H67Cl2F4N25O2. The predicted molar refractivity (Wildman–Crippen MR) is 487 cm³/mol. The minimum absolute atomic E-state index is 0.257. The largest absolute Gasteiger partial charge is 0.573 e. The van der Waals surface area contributed by atoms with Gasteiger partial charge in [0.2, 0.25) is 29.1 Å². The summed E-state index contributed by atoms with van der Waals surface area (Å²) in [6.07, 6.45) is 3.64. The van der Waals surface area contributed by atoms with Gasteiger partial charge < -0.3 is 9.47 Å². The molecule has 0 fully saturated rings. The first-order chi connectivity index (χ1) is 64.2. The first-order valence-corrected chi connectivity index (χ1v) is 41.0. The van der Waals surface area contributed by atoms with Crippen molar-refractivity contribution in [1.82, 2.24) is 126 Å². The van der Waals surface area contributed by atoms with Crippen molar-refractivity contribution in [3.63, 3.8) is 0 Å². The lowest BCUT2D eigenvalue weighted by Gasteiger charge is -2.13. The average molecular weight is 1770 g/mol. The standard InChI is InChI=1S/C24H17N5O.C19H12F3N5O.C19H15N5.C18H11Cl2N5.C18H12FN5/c1-2-11-20(12-3-1)30-23-15-5-4-13-21(23)18-9-8-10-19(17-18)29-27-24(26-28-29)22-14-6-7-16-25-22;20-19(21,22)28-17-10-2-1-8-15(17)13-6-5-7-14(12-13)27-25-18(24-26-27)16-9-3-4-11-23-16;1-14-7-2-3-10-17(14)15-8-6-9-16(13-15)24-22-19(21-23-24)18-11-4-5-12-20-18;19-13-7-8-16(20)15(11-13)12-4-3-5-14(10-12)25-23-18(22-24-25)17-6-1-2-9-21-17;19-15-9-7-13(8-10-15)14-4-3-5-16(12-14)24-22-18(21-23-24)17-6-1-2-11-20-17/h1-17H;1-12H;2-13H,1H3;1-11H;1-12H. The number of pyridine rings is 5. The van der Waals surface area contributed by atoms with Crippen LogP contribution in [0.25, 0.3) is 142 Å². The highest BCUT2D eigenvalue weighted by Gasteiger charge is 2.32. The number of aromatic nitrogens is 25. The Hall–Kier alpha value is -17.6. The van der Waals surface area contributed by atoms with E-state index < -0.39 is 6.36 Å². The van der Waals surface area contributed by atoms with E-state index in [0.29, 0.717) is 84.5 Å². The normalized spacial score (nSPS) is 10.9. The number of rotatable bonds is 18. The lowest BCUT2D eigenvalue weighted by Crippen LogP contribution is -2.17. The van der Waals surface area contributed by atoms with Gasteiger partial charge in [-0.2, -0.15) is 0 Å². The summed E-state index contributed by atoms with van der Waals surface area (Å²) in [7, 11) is 0.